The smallest absolute Gasteiger partial charge is 0.317 e. The lowest BCUT2D eigenvalue weighted by Gasteiger charge is -2.24. The van der Waals surface area contributed by atoms with E-state index in [0.717, 1.165) is 36.4 Å². The molecule has 3 amide bonds. The van der Waals surface area contributed by atoms with Crippen LogP contribution in [0.15, 0.2) is 0 Å². The van der Waals surface area contributed by atoms with Crippen molar-refractivity contribution in [2.24, 2.45) is 0 Å². The minimum absolute atomic E-state index is 0.0542. The topological polar surface area (TPSA) is 74.8 Å². The zero-order valence-corrected chi connectivity index (χ0v) is 16.4. The number of aryl methyl sites for hydroxylation is 2. The van der Waals surface area contributed by atoms with Gasteiger partial charge in [-0.25, -0.2) is 9.78 Å². The molecule has 0 saturated carbocycles. The monoisotopic (exact) mass is 380 g/mol. The summed E-state index contributed by atoms with van der Waals surface area (Å²) in [6, 6.07) is -0.0542. The van der Waals surface area contributed by atoms with Crippen molar-refractivity contribution in [2.45, 2.75) is 45.6 Å². The highest BCUT2D eigenvalue weighted by Crippen LogP contribution is 2.17. The summed E-state index contributed by atoms with van der Waals surface area (Å²) in [7, 11) is 0. The predicted molar refractivity (Wildman–Crippen MR) is 100 cm³/mol. The van der Waals surface area contributed by atoms with Crippen LogP contribution in [0.25, 0.3) is 0 Å². The molecule has 26 heavy (non-hydrogen) atoms. The van der Waals surface area contributed by atoms with Crippen molar-refractivity contribution < 1.29 is 14.3 Å². The molecule has 144 valence electrons. The summed E-state index contributed by atoms with van der Waals surface area (Å²) in [5.74, 6) is 0.0827. The van der Waals surface area contributed by atoms with Gasteiger partial charge in [-0.3, -0.25) is 4.79 Å². The van der Waals surface area contributed by atoms with E-state index in [1.165, 1.54) is 4.88 Å². The molecule has 2 fully saturated rings. The second-order valence-corrected chi connectivity index (χ2v) is 8.19. The number of carbonyl (C=O) groups excluding carboxylic acids is 2. The first-order valence-corrected chi connectivity index (χ1v) is 10.2. The van der Waals surface area contributed by atoms with Gasteiger partial charge >= 0.3 is 6.03 Å². The Labute approximate surface area is 158 Å². The maximum Gasteiger partial charge on any atom is 0.317 e. The van der Waals surface area contributed by atoms with Crippen LogP contribution >= 0.6 is 11.3 Å². The van der Waals surface area contributed by atoms with Gasteiger partial charge < -0.3 is 19.9 Å². The maximum absolute atomic E-state index is 12.5. The molecule has 1 aromatic heterocycles. The van der Waals surface area contributed by atoms with E-state index in [-0.39, 0.29) is 18.0 Å². The Bertz CT molecular complexity index is 623. The molecule has 2 aliphatic heterocycles. The SMILES string of the molecule is Cc1nc(CCNC(=O)N2CCCN(C(=O)[C@@H]3CCCO3)CC2)sc1C. The van der Waals surface area contributed by atoms with Gasteiger partial charge in [-0.05, 0) is 33.1 Å². The number of ether oxygens (including phenoxy) is 1. The van der Waals surface area contributed by atoms with Crippen LogP contribution in [0.2, 0.25) is 0 Å². The minimum Gasteiger partial charge on any atom is -0.368 e. The summed E-state index contributed by atoms with van der Waals surface area (Å²) in [6.07, 6.45) is 3.05. The molecule has 0 spiro atoms. The van der Waals surface area contributed by atoms with Gasteiger partial charge in [0.25, 0.3) is 5.91 Å². The molecule has 0 aromatic carbocycles. The highest BCUT2D eigenvalue weighted by molar-refractivity contribution is 7.11. The number of rotatable bonds is 4. The summed E-state index contributed by atoms with van der Waals surface area (Å²) in [4.78, 5) is 34.3. The van der Waals surface area contributed by atoms with Gasteiger partial charge in [-0.15, -0.1) is 11.3 Å². The van der Waals surface area contributed by atoms with Gasteiger partial charge in [0, 0.05) is 50.6 Å². The minimum atomic E-state index is -0.277. The average Bonchev–Trinajstić information content (AvgIpc) is 3.18. The number of nitrogens with zero attached hydrogens (tertiary/aromatic N) is 3. The number of amides is 3. The van der Waals surface area contributed by atoms with Gasteiger partial charge in [0.1, 0.15) is 6.10 Å². The molecule has 3 rings (SSSR count). The van der Waals surface area contributed by atoms with Crippen LogP contribution in [-0.4, -0.2) is 72.2 Å². The predicted octanol–water partition coefficient (Wildman–Crippen LogP) is 1.73. The molecule has 8 heteroatoms. The Morgan fingerprint density at radius 2 is 1.96 bits per heavy atom. The standard InChI is InChI=1S/C18H28N4O3S/c1-13-14(2)26-16(20-13)6-7-19-18(24)22-9-4-8-21(10-11-22)17(23)15-5-3-12-25-15/h15H,3-12H2,1-2H3,(H,19,24)/t15-/m0/s1. The Kier molecular flexibility index (Phi) is 6.48. The lowest BCUT2D eigenvalue weighted by molar-refractivity contribution is -0.140. The fourth-order valence-corrected chi connectivity index (χ4v) is 4.28. The summed E-state index contributed by atoms with van der Waals surface area (Å²) in [6.45, 7) is 7.86. The third-order valence-corrected chi connectivity index (χ3v) is 6.12. The molecule has 2 aliphatic rings. The van der Waals surface area contributed by atoms with Gasteiger partial charge in [-0.2, -0.15) is 0 Å². The van der Waals surface area contributed by atoms with Crippen molar-refractivity contribution in [3.05, 3.63) is 15.6 Å². The Morgan fingerprint density at radius 1 is 1.19 bits per heavy atom. The van der Waals surface area contributed by atoms with Gasteiger partial charge in [0.2, 0.25) is 0 Å². The third-order valence-electron chi connectivity index (χ3n) is 4.99. The highest BCUT2D eigenvalue weighted by atomic mass is 32.1. The normalized spacial score (nSPS) is 20.9. The molecule has 1 N–H and O–H groups in total. The average molecular weight is 381 g/mol. The fraction of sp³-hybridized carbons (Fsp3) is 0.722. The molecular weight excluding hydrogens is 352 g/mol. The molecule has 1 aromatic rings. The van der Waals surface area contributed by atoms with Crippen LogP contribution in [0.1, 0.15) is 34.8 Å². The summed E-state index contributed by atoms with van der Waals surface area (Å²) < 4.78 is 5.50. The Morgan fingerprint density at radius 3 is 2.65 bits per heavy atom. The number of hydrogen-bond acceptors (Lipinski definition) is 5. The lowest BCUT2D eigenvalue weighted by atomic mass is 10.2. The second-order valence-electron chi connectivity index (χ2n) is 6.90. The largest absolute Gasteiger partial charge is 0.368 e. The van der Waals surface area contributed by atoms with Gasteiger partial charge in [0.15, 0.2) is 0 Å². The van der Waals surface area contributed by atoms with Crippen molar-refractivity contribution in [1.82, 2.24) is 20.1 Å². The first kappa shape index (κ1) is 19.1. The molecule has 1 atom stereocenters. The van der Waals surface area contributed by atoms with E-state index in [4.69, 9.17) is 4.74 Å². The Balaban J connectivity index is 1.42. The van der Waals surface area contributed by atoms with Crippen molar-refractivity contribution in [2.75, 3.05) is 39.3 Å². The van der Waals surface area contributed by atoms with E-state index >= 15 is 0 Å². The number of hydrogen-bond donors (Lipinski definition) is 1. The molecule has 0 radical (unpaired) electrons. The molecular formula is C18H28N4O3S. The third kappa shape index (κ3) is 4.73. The number of carbonyl (C=O) groups is 2. The van der Waals surface area contributed by atoms with Gasteiger partial charge in [-0.1, -0.05) is 0 Å². The van der Waals surface area contributed by atoms with Gasteiger partial charge in [0.05, 0.1) is 10.7 Å². The highest BCUT2D eigenvalue weighted by Gasteiger charge is 2.30. The summed E-state index contributed by atoms with van der Waals surface area (Å²) >= 11 is 1.69. The quantitative estimate of drug-likeness (QED) is 0.863. The number of thiazole rings is 1. The zero-order chi connectivity index (χ0) is 18.5. The lowest BCUT2D eigenvalue weighted by Crippen LogP contribution is -2.44. The molecule has 2 saturated heterocycles. The Hall–Kier alpha value is -1.67. The molecule has 0 unspecified atom stereocenters. The first-order valence-electron chi connectivity index (χ1n) is 9.40. The van der Waals surface area contributed by atoms with E-state index in [0.29, 0.717) is 39.3 Å². The van der Waals surface area contributed by atoms with Crippen LogP contribution < -0.4 is 5.32 Å². The van der Waals surface area contributed by atoms with E-state index in [1.54, 1.807) is 16.2 Å². The van der Waals surface area contributed by atoms with E-state index in [9.17, 15) is 9.59 Å². The van der Waals surface area contributed by atoms with Crippen LogP contribution in [0.5, 0.6) is 0 Å². The molecule has 0 aliphatic carbocycles. The summed E-state index contributed by atoms with van der Waals surface area (Å²) in [5, 5.41) is 4.04. The van der Waals surface area contributed by atoms with Crippen molar-refractivity contribution in [1.29, 1.82) is 0 Å². The number of nitrogens with one attached hydrogen (secondary N) is 1. The zero-order valence-electron chi connectivity index (χ0n) is 15.6. The van der Waals surface area contributed by atoms with E-state index in [2.05, 4.69) is 17.2 Å². The van der Waals surface area contributed by atoms with Crippen molar-refractivity contribution in [3.63, 3.8) is 0 Å². The van der Waals surface area contributed by atoms with Crippen LogP contribution in [0.3, 0.4) is 0 Å². The molecule has 3 heterocycles. The summed E-state index contributed by atoms with van der Waals surface area (Å²) in [5.41, 5.74) is 1.07. The van der Waals surface area contributed by atoms with Crippen LogP contribution in [-0.2, 0) is 16.0 Å². The van der Waals surface area contributed by atoms with E-state index < -0.39 is 0 Å². The second kappa shape index (κ2) is 8.81. The number of aromatic nitrogens is 1. The maximum atomic E-state index is 12.5. The number of urea groups is 1. The van der Waals surface area contributed by atoms with Crippen LogP contribution in [0.4, 0.5) is 4.79 Å². The van der Waals surface area contributed by atoms with Crippen molar-refractivity contribution >= 4 is 23.3 Å². The van der Waals surface area contributed by atoms with Crippen LogP contribution in [0, 0.1) is 13.8 Å². The molecule has 7 nitrogen and oxygen atoms in total. The van der Waals surface area contributed by atoms with E-state index in [1.807, 2.05) is 11.8 Å². The first-order chi connectivity index (χ1) is 12.5. The fourth-order valence-electron chi connectivity index (χ4n) is 3.35. The van der Waals surface area contributed by atoms with Crippen molar-refractivity contribution in [3.8, 4) is 0 Å². The molecule has 0 bridgehead atoms.